The van der Waals surface area contributed by atoms with Crippen molar-refractivity contribution in [2.75, 3.05) is 19.7 Å². The predicted molar refractivity (Wildman–Crippen MR) is 120 cm³/mol. The smallest absolute Gasteiger partial charge is 0.346 e. The summed E-state index contributed by atoms with van der Waals surface area (Å²) in [7, 11) is 0. The van der Waals surface area contributed by atoms with Gasteiger partial charge in [0, 0.05) is 19.3 Å². The normalized spacial score (nSPS) is 22.0. The van der Waals surface area contributed by atoms with Crippen molar-refractivity contribution in [3.8, 4) is 0 Å². The van der Waals surface area contributed by atoms with E-state index < -0.39 is 35.4 Å². The zero-order chi connectivity index (χ0) is 25.3. The number of nitrogen functional groups attached to an aromatic ring is 1. The number of amides is 2. The Kier molecular flexibility index (Phi) is 9.18. The molecule has 2 aliphatic rings. The highest BCUT2D eigenvalue weighted by atomic mass is 16.5. The first kappa shape index (κ1) is 26.4. The third-order valence-electron chi connectivity index (χ3n) is 5.56. The van der Waals surface area contributed by atoms with Crippen molar-refractivity contribution >= 4 is 35.8 Å². The van der Waals surface area contributed by atoms with Gasteiger partial charge >= 0.3 is 11.9 Å². The summed E-state index contributed by atoms with van der Waals surface area (Å²) < 4.78 is 5.64. The van der Waals surface area contributed by atoms with Gasteiger partial charge in [-0.1, -0.05) is 0 Å². The van der Waals surface area contributed by atoms with Crippen LogP contribution < -0.4 is 11.5 Å². The van der Waals surface area contributed by atoms with Gasteiger partial charge in [0.2, 0.25) is 11.8 Å². The molecule has 2 aliphatic heterocycles. The Morgan fingerprint density at radius 2 is 1.97 bits per heavy atom. The number of likely N-dealkylation sites (tertiary alicyclic amines) is 1. The highest BCUT2D eigenvalue weighted by Crippen LogP contribution is 2.38. The molecule has 2 amide bonds. The van der Waals surface area contributed by atoms with Gasteiger partial charge in [-0.2, -0.15) is 0 Å². The summed E-state index contributed by atoms with van der Waals surface area (Å²) in [4.78, 5) is 53.8. The number of ether oxygens (including phenoxy) is 1. The minimum atomic E-state index is -1.35. The van der Waals surface area contributed by atoms with E-state index in [1.807, 2.05) is 0 Å². The average Bonchev–Trinajstić information content (AvgIpc) is 3.26. The molecule has 0 aromatic carbocycles. The van der Waals surface area contributed by atoms with E-state index in [4.69, 9.17) is 26.7 Å². The number of rotatable bonds is 7. The molecule has 13 nitrogen and oxygen atoms in total. The molecule has 1 aromatic rings. The molecule has 13 heteroatoms. The van der Waals surface area contributed by atoms with Crippen molar-refractivity contribution in [3.05, 3.63) is 29.6 Å². The highest BCUT2D eigenvalue weighted by molar-refractivity contribution is 6.22. The Labute approximate surface area is 195 Å². The number of hydrogen-bond acceptors (Lipinski definition) is 8. The number of pyridine rings is 1. The molecule has 34 heavy (non-hydrogen) atoms. The van der Waals surface area contributed by atoms with Crippen LogP contribution in [0.15, 0.2) is 23.3 Å². The summed E-state index contributed by atoms with van der Waals surface area (Å²) in [6.07, 6.45) is 4.72. The number of nitrogens with zero attached hydrogens (tertiary/aromatic N) is 3. The predicted octanol–water partition coefficient (Wildman–Crippen LogP) is -0.379. The van der Waals surface area contributed by atoms with Crippen molar-refractivity contribution in [1.82, 2.24) is 9.88 Å². The molecule has 0 spiro atoms. The molecule has 0 bridgehead atoms. The number of nitrogens with two attached hydrogens (primary N) is 2. The molecule has 0 unspecified atom stereocenters. The lowest BCUT2D eigenvalue weighted by molar-refractivity contribution is -0.170. The fourth-order valence-corrected chi connectivity index (χ4v) is 3.99. The number of aliphatic imine (C=N–C) groups is 1. The number of nitrogens with one attached hydrogen (secondary N) is 1. The number of hydrogen-bond donors (Lipinski definition) is 5. The van der Waals surface area contributed by atoms with E-state index in [1.54, 1.807) is 0 Å². The van der Waals surface area contributed by atoms with Crippen LogP contribution in [0.2, 0.25) is 0 Å². The minimum absolute atomic E-state index is 0.133. The largest absolute Gasteiger partial charge is 0.479 e. The number of carboxylic acids is 2. The van der Waals surface area contributed by atoms with Gasteiger partial charge in [-0.3, -0.25) is 25.0 Å². The van der Waals surface area contributed by atoms with Gasteiger partial charge in [0.05, 0.1) is 11.7 Å². The quantitative estimate of drug-likeness (QED) is 0.255. The molecule has 184 valence electrons. The van der Waals surface area contributed by atoms with Gasteiger partial charge in [0.25, 0.3) is 0 Å². The van der Waals surface area contributed by atoms with Gasteiger partial charge in [-0.05, 0) is 44.2 Å². The molecular weight excluding hydrogens is 448 g/mol. The van der Waals surface area contributed by atoms with Crippen LogP contribution in [-0.2, 0) is 19.1 Å². The van der Waals surface area contributed by atoms with E-state index in [0.717, 1.165) is 12.8 Å². The van der Waals surface area contributed by atoms with Crippen molar-refractivity contribution in [3.63, 3.8) is 0 Å². The summed E-state index contributed by atoms with van der Waals surface area (Å²) in [5.74, 6) is -3.46. The maximum Gasteiger partial charge on any atom is 0.346 e. The van der Waals surface area contributed by atoms with Gasteiger partial charge in [-0.15, -0.1) is 0 Å². The molecule has 2 saturated heterocycles. The Morgan fingerprint density at radius 1 is 1.24 bits per heavy atom. The summed E-state index contributed by atoms with van der Waals surface area (Å²) in [6.45, 7) is 0.459. The van der Waals surface area contributed by atoms with Gasteiger partial charge in [0.1, 0.15) is 24.3 Å². The molecule has 3 rings (SSSR count). The number of amidine groups is 1. The van der Waals surface area contributed by atoms with E-state index in [0.29, 0.717) is 49.9 Å². The molecule has 0 saturated carbocycles. The molecule has 0 radical (unpaired) electrons. The third kappa shape index (κ3) is 6.34. The van der Waals surface area contributed by atoms with E-state index in [9.17, 15) is 24.3 Å². The summed E-state index contributed by atoms with van der Waals surface area (Å²) in [6, 6.07) is 2.95. The van der Waals surface area contributed by atoms with Crippen molar-refractivity contribution < 1.29 is 34.1 Å². The number of aromatic nitrogens is 1. The molecule has 2 atom stereocenters. The monoisotopic (exact) mass is 476 g/mol. The molecule has 0 aliphatic carbocycles. The lowest BCUT2D eigenvalue weighted by Crippen LogP contribution is -2.62. The number of primary amides is 1. The number of aliphatic carboxylic acids is 2. The molecule has 2 fully saturated rings. The Morgan fingerprint density at radius 3 is 2.47 bits per heavy atom. The molecular formula is C21H28N6O7. The van der Waals surface area contributed by atoms with Crippen molar-refractivity contribution in [2.45, 2.75) is 43.7 Å². The first-order valence-corrected chi connectivity index (χ1v) is 10.6. The van der Waals surface area contributed by atoms with E-state index in [-0.39, 0.29) is 12.4 Å². The number of carboxylic acid groups (broad SMARTS) is 2. The Balaban J connectivity index is 0.000000287. The van der Waals surface area contributed by atoms with Crippen LogP contribution in [0.25, 0.3) is 0 Å². The van der Waals surface area contributed by atoms with Crippen LogP contribution in [0, 0.1) is 5.41 Å². The average molecular weight is 476 g/mol. The number of carbonyl (C=O) groups excluding carboxylic acids is 2. The summed E-state index contributed by atoms with van der Waals surface area (Å²) in [5.41, 5.74) is 9.41. The zero-order valence-electron chi connectivity index (χ0n) is 18.5. The van der Waals surface area contributed by atoms with Crippen molar-refractivity contribution in [2.24, 2.45) is 16.5 Å². The molecule has 1 aromatic heterocycles. The SMILES string of the molecule is N=C(N)c1ccc(C(N)=O)cn1.O=C(O)C=NCC(=O)N1CCC[C@]1(C(=O)O)[C@H]1CCCCO1. The van der Waals surface area contributed by atoms with E-state index in [1.165, 1.54) is 23.2 Å². The molecule has 3 heterocycles. The number of carbonyl (C=O) groups is 4. The van der Waals surface area contributed by atoms with Crippen LogP contribution in [0.1, 0.15) is 48.2 Å². The highest BCUT2D eigenvalue weighted by Gasteiger charge is 2.56. The van der Waals surface area contributed by atoms with Gasteiger partial charge in [-0.25, -0.2) is 9.59 Å². The maximum atomic E-state index is 12.3. The molecule has 7 N–H and O–H groups in total. The lowest BCUT2D eigenvalue weighted by atomic mass is 9.85. The first-order valence-electron chi connectivity index (χ1n) is 10.6. The van der Waals surface area contributed by atoms with Gasteiger partial charge < -0.3 is 31.3 Å². The first-order chi connectivity index (χ1) is 16.1. The maximum absolute atomic E-state index is 12.3. The lowest BCUT2D eigenvalue weighted by Gasteiger charge is -2.42. The Hall–Kier alpha value is -3.87. The van der Waals surface area contributed by atoms with Crippen LogP contribution in [0.4, 0.5) is 0 Å². The second-order valence-electron chi connectivity index (χ2n) is 7.75. The Bertz CT molecular complexity index is 926. The second kappa shape index (κ2) is 11.8. The van der Waals surface area contributed by atoms with E-state index in [2.05, 4.69) is 9.98 Å². The topological polar surface area (TPSA) is 222 Å². The van der Waals surface area contributed by atoms with Crippen LogP contribution in [-0.4, -0.2) is 87.2 Å². The summed E-state index contributed by atoms with van der Waals surface area (Å²) in [5, 5.41) is 25.3. The second-order valence-corrected chi connectivity index (χ2v) is 7.75. The van der Waals surface area contributed by atoms with E-state index >= 15 is 0 Å². The van der Waals surface area contributed by atoms with Crippen LogP contribution in [0.5, 0.6) is 0 Å². The van der Waals surface area contributed by atoms with Crippen LogP contribution >= 0.6 is 0 Å². The van der Waals surface area contributed by atoms with Crippen LogP contribution in [0.3, 0.4) is 0 Å². The fourth-order valence-electron chi connectivity index (χ4n) is 3.99. The fraction of sp³-hybridized carbons (Fsp3) is 0.476. The zero-order valence-corrected chi connectivity index (χ0v) is 18.5. The van der Waals surface area contributed by atoms with Gasteiger partial charge in [0.15, 0.2) is 5.54 Å². The van der Waals surface area contributed by atoms with Crippen molar-refractivity contribution in [1.29, 1.82) is 5.41 Å². The minimum Gasteiger partial charge on any atom is -0.479 e. The summed E-state index contributed by atoms with van der Waals surface area (Å²) >= 11 is 0. The third-order valence-corrected chi connectivity index (χ3v) is 5.56. The standard InChI is InChI=1S/C14H20N2O6.C7H8N4O/c17-11(8-15-9-12(18)19)16-6-3-5-14(16,13(20)21)10-4-1-2-7-22-10;8-6(9)5-2-1-4(3-11-5)7(10)12/h9-10H,1-8H2,(H,18,19)(H,20,21);1-3H,(H3,8,9)(H2,10,12)/t10-,14-;/m1./s1.